The van der Waals surface area contributed by atoms with Crippen molar-refractivity contribution in [2.45, 2.75) is 51.4 Å². The van der Waals surface area contributed by atoms with E-state index >= 15 is 0 Å². The van der Waals surface area contributed by atoms with E-state index in [4.69, 9.17) is 15.2 Å². The van der Waals surface area contributed by atoms with Crippen LogP contribution in [0.4, 0.5) is 4.79 Å². The van der Waals surface area contributed by atoms with Gasteiger partial charge in [-0.25, -0.2) is 4.79 Å². The van der Waals surface area contributed by atoms with Crippen LogP contribution in [-0.4, -0.2) is 31.2 Å². The molecule has 1 saturated heterocycles. The number of primary amides is 1. The fourth-order valence-electron chi connectivity index (χ4n) is 1.77. The van der Waals surface area contributed by atoms with Crippen LogP contribution in [0.15, 0.2) is 0 Å². The smallest absolute Gasteiger partial charge is 0.404 e. The average molecular weight is 231 g/mol. The van der Waals surface area contributed by atoms with Crippen molar-refractivity contribution in [1.29, 1.82) is 0 Å². The van der Waals surface area contributed by atoms with Gasteiger partial charge in [-0.05, 0) is 13.3 Å². The third kappa shape index (κ3) is 4.37. The maximum absolute atomic E-state index is 10.4. The number of rotatable bonds is 6. The number of hydrogen-bond donors (Lipinski definition) is 1. The molecule has 0 saturated carbocycles. The normalized spacial score (nSPS) is 29.2. The van der Waals surface area contributed by atoms with Gasteiger partial charge in [0.15, 0.2) is 5.79 Å². The summed E-state index contributed by atoms with van der Waals surface area (Å²) in [6.45, 7) is 4.70. The van der Waals surface area contributed by atoms with E-state index in [0.29, 0.717) is 6.61 Å². The molecular weight excluding hydrogens is 210 g/mol. The molecule has 5 nitrogen and oxygen atoms in total. The van der Waals surface area contributed by atoms with Crippen molar-refractivity contribution in [2.24, 2.45) is 5.73 Å². The van der Waals surface area contributed by atoms with Crippen LogP contribution in [0.5, 0.6) is 0 Å². The van der Waals surface area contributed by atoms with Crippen molar-refractivity contribution in [3.8, 4) is 0 Å². The summed E-state index contributed by atoms with van der Waals surface area (Å²) in [5.41, 5.74) is 4.88. The number of carbonyl (C=O) groups excluding carboxylic acids is 1. The van der Waals surface area contributed by atoms with Gasteiger partial charge in [-0.2, -0.15) is 0 Å². The van der Waals surface area contributed by atoms with Gasteiger partial charge in [0, 0.05) is 6.42 Å². The van der Waals surface area contributed by atoms with E-state index in [2.05, 4.69) is 11.7 Å². The second kappa shape index (κ2) is 6.06. The van der Waals surface area contributed by atoms with Gasteiger partial charge in [-0.15, -0.1) is 0 Å². The highest BCUT2D eigenvalue weighted by Crippen LogP contribution is 2.28. The lowest BCUT2D eigenvalue weighted by Gasteiger charge is -2.23. The Morgan fingerprint density at radius 2 is 2.31 bits per heavy atom. The van der Waals surface area contributed by atoms with Crippen molar-refractivity contribution in [2.75, 3.05) is 13.2 Å². The van der Waals surface area contributed by atoms with Crippen molar-refractivity contribution in [3.63, 3.8) is 0 Å². The highest BCUT2D eigenvalue weighted by Gasteiger charge is 2.36. The molecule has 2 unspecified atom stereocenters. The molecule has 1 heterocycles. The summed E-state index contributed by atoms with van der Waals surface area (Å²) in [6.07, 6.45) is 3.32. The van der Waals surface area contributed by atoms with Crippen LogP contribution in [0.25, 0.3) is 0 Å². The molecule has 16 heavy (non-hydrogen) atoms. The molecule has 1 aliphatic heterocycles. The monoisotopic (exact) mass is 231 g/mol. The van der Waals surface area contributed by atoms with E-state index in [1.165, 1.54) is 12.8 Å². The first-order valence-electron chi connectivity index (χ1n) is 5.80. The van der Waals surface area contributed by atoms with Gasteiger partial charge < -0.3 is 19.9 Å². The van der Waals surface area contributed by atoms with E-state index < -0.39 is 11.9 Å². The Bertz CT molecular complexity index is 234. The van der Waals surface area contributed by atoms with Crippen LogP contribution in [0.3, 0.4) is 0 Å². The highest BCUT2D eigenvalue weighted by atomic mass is 16.7. The first-order valence-corrected chi connectivity index (χ1v) is 5.80. The lowest BCUT2D eigenvalue weighted by Crippen LogP contribution is -2.29. The maximum atomic E-state index is 10.4. The zero-order valence-electron chi connectivity index (χ0n) is 10.0. The first kappa shape index (κ1) is 13.3. The molecule has 1 aliphatic rings. The molecule has 0 aliphatic carbocycles. The molecule has 0 aromatic heterocycles. The Kier molecular flexibility index (Phi) is 5.02. The van der Waals surface area contributed by atoms with Crippen LogP contribution >= 0.6 is 0 Å². The predicted molar refractivity (Wildman–Crippen MR) is 58.9 cm³/mol. The standard InChI is InChI=1S/C11H21NO4/c1-3-4-5-6-11(2)15-8-9(16-11)7-14-10(12)13/h9H,3-8H2,1-2H3,(H2,12,13). The minimum Gasteiger partial charge on any atom is -0.447 e. The number of ether oxygens (including phenoxy) is 3. The van der Waals surface area contributed by atoms with Gasteiger partial charge in [-0.1, -0.05) is 19.8 Å². The summed E-state index contributed by atoms with van der Waals surface area (Å²) < 4.78 is 15.9. The van der Waals surface area contributed by atoms with Crippen molar-refractivity contribution in [3.05, 3.63) is 0 Å². The Morgan fingerprint density at radius 1 is 1.56 bits per heavy atom. The van der Waals surface area contributed by atoms with E-state index in [1.54, 1.807) is 0 Å². The molecule has 2 N–H and O–H groups in total. The molecule has 0 bridgehead atoms. The molecule has 5 heteroatoms. The second-order valence-corrected chi connectivity index (χ2v) is 4.27. The van der Waals surface area contributed by atoms with Crippen molar-refractivity contribution >= 4 is 6.09 Å². The molecule has 1 amide bonds. The number of amides is 1. The number of hydrogen-bond acceptors (Lipinski definition) is 4. The van der Waals surface area contributed by atoms with Crippen LogP contribution in [-0.2, 0) is 14.2 Å². The van der Waals surface area contributed by atoms with Crippen molar-refractivity contribution < 1.29 is 19.0 Å². The van der Waals surface area contributed by atoms with Gasteiger partial charge >= 0.3 is 6.09 Å². The van der Waals surface area contributed by atoms with Crippen LogP contribution in [0.2, 0.25) is 0 Å². The fourth-order valence-corrected chi connectivity index (χ4v) is 1.77. The topological polar surface area (TPSA) is 70.8 Å². The number of carbonyl (C=O) groups is 1. The maximum Gasteiger partial charge on any atom is 0.404 e. The molecule has 94 valence electrons. The van der Waals surface area contributed by atoms with Crippen LogP contribution in [0, 0.1) is 0 Å². The first-order chi connectivity index (χ1) is 7.56. The summed E-state index contributed by atoms with van der Waals surface area (Å²) >= 11 is 0. The van der Waals surface area contributed by atoms with Gasteiger partial charge in [0.1, 0.15) is 12.7 Å². The zero-order valence-corrected chi connectivity index (χ0v) is 10.0. The summed E-state index contributed by atoms with van der Waals surface area (Å²) in [5.74, 6) is -0.527. The minimum atomic E-state index is -0.775. The molecule has 2 atom stereocenters. The molecule has 0 radical (unpaired) electrons. The summed E-state index contributed by atoms with van der Waals surface area (Å²) in [7, 11) is 0. The van der Waals surface area contributed by atoms with Gasteiger partial charge in [0.05, 0.1) is 6.61 Å². The largest absolute Gasteiger partial charge is 0.447 e. The minimum absolute atomic E-state index is 0.165. The van der Waals surface area contributed by atoms with E-state index in [9.17, 15) is 4.79 Å². The van der Waals surface area contributed by atoms with Gasteiger partial charge in [-0.3, -0.25) is 0 Å². The van der Waals surface area contributed by atoms with E-state index in [1.807, 2.05) is 6.92 Å². The van der Waals surface area contributed by atoms with E-state index in [0.717, 1.165) is 12.8 Å². The lowest BCUT2D eigenvalue weighted by molar-refractivity contribution is -0.162. The highest BCUT2D eigenvalue weighted by molar-refractivity contribution is 5.64. The molecule has 0 spiro atoms. The number of nitrogens with two attached hydrogens (primary N) is 1. The van der Waals surface area contributed by atoms with Crippen LogP contribution in [0.1, 0.15) is 39.5 Å². The van der Waals surface area contributed by atoms with Crippen molar-refractivity contribution in [1.82, 2.24) is 0 Å². The molecule has 1 rings (SSSR count). The van der Waals surface area contributed by atoms with Gasteiger partial charge in [0.2, 0.25) is 0 Å². The molecular formula is C11H21NO4. The fraction of sp³-hybridized carbons (Fsp3) is 0.909. The van der Waals surface area contributed by atoms with E-state index in [-0.39, 0.29) is 12.7 Å². The Hall–Kier alpha value is -0.810. The molecule has 0 aromatic carbocycles. The third-order valence-corrected chi connectivity index (χ3v) is 2.64. The second-order valence-electron chi connectivity index (χ2n) is 4.27. The SMILES string of the molecule is CCCCCC1(C)OCC(COC(N)=O)O1. The quantitative estimate of drug-likeness (QED) is 0.707. The van der Waals surface area contributed by atoms with Crippen LogP contribution < -0.4 is 5.73 Å². The average Bonchev–Trinajstić information content (AvgIpc) is 2.58. The summed E-state index contributed by atoms with van der Waals surface area (Å²) in [5, 5.41) is 0. The molecule has 0 aromatic rings. The Morgan fingerprint density at radius 3 is 2.94 bits per heavy atom. The molecule has 1 fully saturated rings. The van der Waals surface area contributed by atoms with Gasteiger partial charge in [0.25, 0.3) is 0 Å². The summed E-state index contributed by atoms with van der Waals surface area (Å²) in [4.78, 5) is 10.4. The Balaban J connectivity index is 2.24. The predicted octanol–water partition coefficient (Wildman–Crippen LogP) is 1.79. The third-order valence-electron chi connectivity index (χ3n) is 2.64. The zero-order chi connectivity index (χ0) is 12.0. The summed E-state index contributed by atoms with van der Waals surface area (Å²) in [6, 6.07) is 0. The Labute approximate surface area is 96.2 Å². The number of unbranched alkanes of at least 4 members (excludes halogenated alkanes) is 2. The lowest BCUT2D eigenvalue weighted by atomic mass is 10.1.